The van der Waals surface area contributed by atoms with Gasteiger partial charge in [0, 0.05) is 45.0 Å². The number of rotatable bonds is 5. The van der Waals surface area contributed by atoms with Crippen molar-refractivity contribution in [3.8, 4) is 0 Å². The molecule has 116 valence electrons. The molecule has 2 fully saturated rings. The van der Waals surface area contributed by atoms with Crippen LogP contribution in [0.3, 0.4) is 0 Å². The first-order chi connectivity index (χ1) is 10.1. The van der Waals surface area contributed by atoms with Crippen molar-refractivity contribution in [1.29, 1.82) is 0 Å². The lowest BCUT2D eigenvalue weighted by Crippen LogP contribution is -2.52. The summed E-state index contributed by atoms with van der Waals surface area (Å²) in [5.74, 6) is 0.874. The number of hydrogen-bond donors (Lipinski definition) is 2. The van der Waals surface area contributed by atoms with Gasteiger partial charge in [-0.2, -0.15) is 17.4 Å². The SMILES string of the molecule is NCc1ccc(N2CCN(S(=O)(=O)NC3CC3)CC2)nc1. The van der Waals surface area contributed by atoms with Gasteiger partial charge in [0.1, 0.15) is 5.82 Å². The van der Waals surface area contributed by atoms with E-state index < -0.39 is 10.2 Å². The van der Waals surface area contributed by atoms with Crippen LogP contribution in [-0.4, -0.2) is 49.9 Å². The van der Waals surface area contributed by atoms with Crippen LogP contribution in [0.15, 0.2) is 18.3 Å². The third-order valence-electron chi connectivity index (χ3n) is 3.84. The van der Waals surface area contributed by atoms with Gasteiger partial charge in [-0.1, -0.05) is 6.07 Å². The van der Waals surface area contributed by atoms with E-state index in [1.165, 1.54) is 4.31 Å². The molecule has 3 N–H and O–H groups in total. The quantitative estimate of drug-likeness (QED) is 0.776. The summed E-state index contributed by atoms with van der Waals surface area (Å²) in [6.07, 6.45) is 3.68. The number of nitrogens with two attached hydrogens (primary N) is 1. The topological polar surface area (TPSA) is 91.6 Å². The fraction of sp³-hybridized carbons (Fsp3) is 0.615. The van der Waals surface area contributed by atoms with Crippen molar-refractivity contribution in [1.82, 2.24) is 14.0 Å². The van der Waals surface area contributed by atoms with Crippen molar-refractivity contribution in [2.75, 3.05) is 31.1 Å². The van der Waals surface area contributed by atoms with E-state index in [2.05, 4.69) is 14.6 Å². The Bertz CT molecular complexity index is 577. The molecule has 0 amide bonds. The summed E-state index contributed by atoms with van der Waals surface area (Å²) in [5.41, 5.74) is 6.55. The van der Waals surface area contributed by atoms with Crippen molar-refractivity contribution in [2.45, 2.75) is 25.4 Å². The van der Waals surface area contributed by atoms with Gasteiger partial charge in [0.2, 0.25) is 0 Å². The second-order valence-electron chi connectivity index (χ2n) is 5.51. The molecular weight excluding hydrogens is 290 g/mol. The van der Waals surface area contributed by atoms with Gasteiger partial charge in [-0.25, -0.2) is 4.98 Å². The van der Waals surface area contributed by atoms with Crippen molar-refractivity contribution >= 4 is 16.0 Å². The Balaban J connectivity index is 1.58. The van der Waals surface area contributed by atoms with Gasteiger partial charge in [0.25, 0.3) is 10.2 Å². The maximum atomic E-state index is 12.1. The molecule has 2 heterocycles. The molecule has 0 unspecified atom stereocenters. The van der Waals surface area contributed by atoms with Crippen LogP contribution < -0.4 is 15.4 Å². The number of aromatic nitrogens is 1. The van der Waals surface area contributed by atoms with Crippen molar-refractivity contribution in [3.05, 3.63) is 23.9 Å². The highest BCUT2D eigenvalue weighted by molar-refractivity contribution is 7.87. The zero-order valence-electron chi connectivity index (χ0n) is 11.9. The Morgan fingerprint density at radius 2 is 1.95 bits per heavy atom. The first-order valence-electron chi connectivity index (χ1n) is 7.26. The maximum Gasteiger partial charge on any atom is 0.279 e. The summed E-state index contributed by atoms with van der Waals surface area (Å²) in [6, 6.07) is 4.05. The normalized spacial score (nSPS) is 20.7. The molecule has 1 saturated heterocycles. The molecule has 1 saturated carbocycles. The lowest BCUT2D eigenvalue weighted by atomic mass is 10.2. The Morgan fingerprint density at radius 3 is 2.48 bits per heavy atom. The Kier molecular flexibility index (Phi) is 4.12. The number of hydrogen-bond acceptors (Lipinski definition) is 5. The average Bonchev–Trinajstić information content (AvgIpc) is 3.31. The Labute approximate surface area is 125 Å². The molecule has 21 heavy (non-hydrogen) atoms. The van der Waals surface area contributed by atoms with E-state index in [4.69, 9.17) is 5.73 Å². The van der Waals surface area contributed by atoms with Crippen molar-refractivity contribution in [3.63, 3.8) is 0 Å². The molecular formula is C13H21N5O2S. The molecule has 0 spiro atoms. The van der Waals surface area contributed by atoms with Crippen molar-refractivity contribution in [2.24, 2.45) is 5.73 Å². The van der Waals surface area contributed by atoms with Crippen LogP contribution in [0.25, 0.3) is 0 Å². The lowest BCUT2D eigenvalue weighted by molar-refractivity contribution is 0.377. The van der Waals surface area contributed by atoms with Crippen LogP contribution in [0, 0.1) is 0 Å². The van der Waals surface area contributed by atoms with Gasteiger partial charge in [0.05, 0.1) is 0 Å². The molecule has 8 heteroatoms. The third kappa shape index (κ3) is 3.52. The fourth-order valence-corrected chi connectivity index (χ4v) is 3.82. The summed E-state index contributed by atoms with van der Waals surface area (Å²) >= 11 is 0. The first-order valence-corrected chi connectivity index (χ1v) is 8.70. The van der Waals surface area contributed by atoms with E-state index in [0.29, 0.717) is 32.7 Å². The highest BCUT2D eigenvalue weighted by Gasteiger charge is 2.32. The average molecular weight is 311 g/mol. The molecule has 3 rings (SSSR count). The standard InChI is InChI=1S/C13H21N5O2S/c14-9-11-1-4-13(15-10-11)17-5-7-18(8-6-17)21(19,20)16-12-2-3-12/h1,4,10,12,16H,2-3,5-9,14H2. The maximum absolute atomic E-state index is 12.1. The van der Waals surface area contributed by atoms with E-state index in [-0.39, 0.29) is 6.04 Å². The summed E-state index contributed by atoms with van der Waals surface area (Å²) in [6.45, 7) is 2.76. The number of piperazine rings is 1. The van der Waals surface area contributed by atoms with Crippen LogP contribution in [0.1, 0.15) is 18.4 Å². The van der Waals surface area contributed by atoms with E-state index in [1.54, 1.807) is 6.20 Å². The second-order valence-corrected chi connectivity index (χ2v) is 7.21. The molecule has 1 aromatic rings. The molecule has 0 bridgehead atoms. The van der Waals surface area contributed by atoms with Gasteiger partial charge in [-0.15, -0.1) is 0 Å². The van der Waals surface area contributed by atoms with E-state index in [0.717, 1.165) is 24.2 Å². The molecule has 1 aromatic heterocycles. The van der Waals surface area contributed by atoms with E-state index >= 15 is 0 Å². The van der Waals surface area contributed by atoms with E-state index in [9.17, 15) is 8.42 Å². The Hall–Kier alpha value is -1.22. The van der Waals surface area contributed by atoms with Gasteiger partial charge >= 0.3 is 0 Å². The zero-order chi connectivity index (χ0) is 14.9. The summed E-state index contributed by atoms with van der Waals surface area (Å²) in [7, 11) is -3.32. The summed E-state index contributed by atoms with van der Waals surface area (Å²) in [5, 5.41) is 0. The molecule has 2 aliphatic rings. The largest absolute Gasteiger partial charge is 0.354 e. The summed E-state index contributed by atoms with van der Waals surface area (Å²) in [4.78, 5) is 6.48. The predicted molar refractivity (Wildman–Crippen MR) is 81.0 cm³/mol. The minimum atomic E-state index is -3.32. The van der Waals surface area contributed by atoms with Gasteiger partial charge < -0.3 is 10.6 Å². The second kappa shape index (κ2) is 5.88. The predicted octanol–water partition coefficient (Wildman–Crippen LogP) is -0.341. The molecule has 0 radical (unpaired) electrons. The number of anilines is 1. The van der Waals surface area contributed by atoms with Gasteiger partial charge in [-0.3, -0.25) is 0 Å². The highest BCUT2D eigenvalue weighted by atomic mass is 32.2. The van der Waals surface area contributed by atoms with Gasteiger partial charge in [-0.05, 0) is 24.5 Å². The molecule has 1 aliphatic carbocycles. The molecule has 1 aliphatic heterocycles. The number of pyridine rings is 1. The first kappa shape index (κ1) is 14.7. The lowest BCUT2D eigenvalue weighted by Gasteiger charge is -2.34. The van der Waals surface area contributed by atoms with Crippen molar-refractivity contribution < 1.29 is 8.42 Å². The molecule has 0 atom stereocenters. The number of nitrogens with zero attached hydrogens (tertiary/aromatic N) is 3. The van der Waals surface area contributed by atoms with Crippen LogP contribution >= 0.6 is 0 Å². The van der Waals surface area contributed by atoms with Crippen LogP contribution in [-0.2, 0) is 16.8 Å². The zero-order valence-corrected chi connectivity index (χ0v) is 12.7. The van der Waals surface area contributed by atoms with Crippen LogP contribution in [0.2, 0.25) is 0 Å². The van der Waals surface area contributed by atoms with E-state index in [1.807, 2.05) is 12.1 Å². The minimum Gasteiger partial charge on any atom is -0.354 e. The molecule has 7 nitrogen and oxygen atoms in total. The Morgan fingerprint density at radius 1 is 1.24 bits per heavy atom. The smallest absolute Gasteiger partial charge is 0.279 e. The monoisotopic (exact) mass is 311 g/mol. The highest BCUT2D eigenvalue weighted by Crippen LogP contribution is 2.21. The third-order valence-corrected chi connectivity index (χ3v) is 5.52. The van der Waals surface area contributed by atoms with Crippen LogP contribution in [0.4, 0.5) is 5.82 Å². The number of nitrogens with one attached hydrogen (secondary N) is 1. The van der Waals surface area contributed by atoms with Gasteiger partial charge in [0.15, 0.2) is 0 Å². The minimum absolute atomic E-state index is 0.151. The summed E-state index contributed by atoms with van der Waals surface area (Å²) < 4.78 is 28.5. The molecule has 0 aromatic carbocycles. The van der Waals surface area contributed by atoms with Crippen LogP contribution in [0.5, 0.6) is 0 Å². The fourth-order valence-electron chi connectivity index (χ4n) is 2.37.